The third kappa shape index (κ3) is 19.0. The fourth-order valence-electron chi connectivity index (χ4n) is 5.08. The van der Waals surface area contributed by atoms with Gasteiger partial charge in [-0.1, -0.05) is 52.1 Å². The van der Waals surface area contributed by atoms with Crippen molar-refractivity contribution in [3.05, 3.63) is 122 Å². The number of aromatic nitrogens is 4. The molecule has 2 aromatic carbocycles. The number of halogens is 1. The fourth-order valence-corrected chi connectivity index (χ4v) is 5.08. The van der Waals surface area contributed by atoms with Crippen molar-refractivity contribution in [3.8, 4) is 23.3 Å². The van der Waals surface area contributed by atoms with Crippen molar-refractivity contribution in [2.24, 2.45) is 0 Å². The Labute approximate surface area is 396 Å². The van der Waals surface area contributed by atoms with E-state index in [1.54, 1.807) is 21.1 Å². The molecular formula is C40H42IN4NaO17Os. The van der Waals surface area contributed by atoms with Crippen molar-refractivity contribution in [2.75, 3.05) is 14.2 Å². The Morgan fingerprint density at radius 2 is 1.00 bits per heavy atom. The summed E-state index contributed by atoms with van der Waals surface area (Å²) in [4.78, 5) is 52.3. The summed E-state index contributed by atoms with van der Waals surface area (Å²) in [6, 6.07) is 17.8. The number of hydrogen-bond acceptors (Lipinski definition) is 21. The molecule has 0 aliphatic rings. The average molecular weight is 1190 g/mol. The molecule has 0 amide bonds. The molecule has 21 nitrogen and oxygen atoms in total. The maximum absolute atomic E-state index is 11.8. The number of aryl methyl sites for hydroxylation is 2. The molecular weight excluding hydrogens is 1150 g/mol. The van der Waals surface area contributed by atoms with E-state index in [1.165, 1.54) is 19.1 Å². The van der Waals surface area contributed by atoms with E-state index in [9.17, 15) is 14.4 Å². The molecule has 0 spiro atoms. The van der Waals surface area contributed by atoms with Crippen molar-refractivity contribution in [3.63, 3.8) is 0 Å². The third-order valence-electron chi connectivity index (χ3n) is 7.83. The molecule has 0 aliphatic heterocycles. The first-order valence-corrected chi connectivity index (χ1v) is 25.3. The molecule has 0 saturated heterocycles. The van der Waals surface area contributed by atoms with Crippen LogP contribution in [0.15, 0.2) is 85.7 Å². The molecule has 4 heterocycles. The van der Waals surface area contributed by atoms with Gasteiger partial charge in [0.2, 0.25) is 29.0 Å². The van der Waals surface area contributed by atoms with E-state index in [1.807, 2.05) is 62.4 Å². The van der Waals surface area contributed by atoms with Crippen LogP contribution in [0, 0.1) is 0 Å². The Bertz CT molecular complexity index is 2700. The van der Waals surface area contributed by atoms with E-state index in [2.05, 4.69) is 26.5 Å². The third-order valence-corrected chi connectivity index (χ3v) is 7.83. The number of methoxy groups -OCH3 is 2. The minimum absolute atomic E-state index is 0. The van der Waals surface area contributed by atoms with Crippen LogP contribution in [-0.4, -0.2) is 39.9 Å². The van der Waals surface area contributed by atoms with Gasteiger partial charge in [-0.2, -0.15) is 19.9 Å². The van der Waals surface area contributed by atoms with Crippen molar-refractivity contribution < 1.29 is 125 Å². The fraction of sp³-hybridized carbons (Fsp3) is 0.275. The van der Waals surface area contributed by atoms with Gasteiger partial charge in [0.15, 0.2) is 11.6 Å². The van der Waals surface area contributed by atoms with Crippen LogP contribution in [0.4, 0.5) is 0 Å². The number of rotatable bonds is 12. The molecule has 64 heavy (non-hydrogen) atoms. The number of hydrogen-bond donors (Lipinski definition) is 0. The standard InChI is InChI=1S/C20H20N2O4.C19H18N2O5.CH4.IO4.Na.4O.Os/c1-5-14-10-16(23)26-20-17(14)19(21-18(22-20)12(2)3)25-11-13-6-8-15(24-4)9-7-13;1-4-13-9-15(23)26-19-16(13)18(20-17(21-19)11(2)22)25-10-12-5-7-14(24-3)8-6-12;;2-1(3,4)5;;;;;;/h6-10H,2,5,11H2,1,3-4H3;5-9H,4,10H2,1-3H3;1H4;;;;;;;/q;;;-1;+1;;;;;. The summed E-state index contributed by atoms with van der Waals surface area (Å²) in [6.45, 7) is 11.4. The molecule has 340 valence electrons. The summed E-state index contributed by atoms with van der Waals surface area (Å²) in [5, 5.41) is 1.12. The second kappa shape index (κ2) is 26.1. The molecule has 6 rings (SSSR count). The molecule has 0 aliphatic carbocycles. The normalized spacial score (nSPS) is 10.5. The topological polar surface area (TPSA) is 326 Å². The number of allylic oxidation sites excluding steroid dienone is 1. The van der Waals surface area contributed by atoms with Gasteiger partial charge in [-0.15, -0.1) is 0 Å². The van der Waals surface area contributed by atoms with Gasteiger partial charge in [-0.05, 0) is 71.9 Å². The summed E-state index contributed by atoms with van der Waals surface area (Å²) in [5.41, 5.74) is 3.31. The van der Waals surface area contributed by atoms with Crippen LogP contribution in [0.5, 0.6) is 23.3 Å². The van der Waals surface area contributed by atoms with E-state index in [0.717, 1.165) is 28.2 Å². The number of carbonyl (C=O) groups is 1. The van der Waals surface area contributed by atoms with Crippen LogP contribution in [0.1, 0.15) is 73.8 Å². The zero-order valence-electron chi connectivity index (χ0n) is 34.8. The van der Waals surface area contributed by atoms with Gasteiger partial charge in [0.05, 0.1) is 14.2 Å². The minimum atomic E-state index is -6.06. The maximum atomic E-state index is 11.8. The second-order valence-corrected chi connectivity index (χ2v) is 17.0. The van der Waals surface area contributed by atoms with Gasteiger partial charge in [-0.25, -0.2) is 9.59 Å². The van der Waals surface area contributed by atoms with E-state index in [4.69, 9.17) is 55.7 Å². The van der Waals surface area contributed by atoms with E-state index < -0.39 is 46.2 Å². The van der Waals surface area contributed by atoms with Gasteiger partial charge in [-0.3, -0.25) is 18.5 Å². The van der Waals surface area contributed by atoms with Gasteiger partial charge >= 0.3 is 69.8 Å². The quantitative estimate of drug-likeness (QED) is 0.0642. The molecule has 4 aromatic heterocycles. The molecule has 0 fully saturated rings. The molecule has 0 radical (unpaired) electrons. The molecule has 0 bridgehead atoms. The predicted octanol–water partition coefficient (Wildman–Crippen LogP) is -3.89. The molecule has 6 aromatic rings. The number of carbonyl (C=O) groups excluding carboxylic acids is 1. The molecule has 0 atom stereocenters. The van der Waals surface area contributed by atoms with Crippen molar-refractivity contribution in [2.45, 2.75) is 61.2 Å². The van der Waals surface area contributed by atoms with E-state index in [-0.39, 0.29) is 72.5 Å². The zero-order chi connectivity index (χ0) is 46.4. The Kier molecular flexibility index (Phi) is 23.3. The SMILES string of the molecule is C.C=C(C)c1nc(OCc2ccc(OC)cc2)c2c(CC)cc(=O)oc2n1.CCc1cc(=O)oc2nc(C(C)=O)nc(OCc3ccc(OC)cc3)c12.[Na+].[O-][I+3]([O-])([O-])[O-].[O]=[Os](=[O])(=[O])=[O]. The number of benzene rings is 2. The summed E-state index contributed by atoms with van der Waals surface area (Å²) >= 11 is -12.0. The van der Waals surface area contributed by atoms with Crippen LogP contribution in [0.2, 0.25) is 0 Å². The predicted molar refractivity (Wildman–Crippen MR) is 204 cm³/mol. The first kappa shape index (κ1) is 57.1. The van der Waals surface area contributed by atoms with Crippen molar-refractivity contribution >= 4 is 33.6 Å². The van der Waals surface area contributed by atoms with E-state index >= 15 is 0 Å². The number of ether oxygens (including phenoxy) is 4. The monoisotopic (exact) mass is 1190 g/mol. The van der Waals surface area contributed by atoms with Gasteiger partial charge in [0.25, 0.3) is 0 Å². The Hall–Kier alpha value is -4.96. The van der Waals surface area contributed by atoms with Crippen LogP contribution < -0.4 is 93.6 Å². The summed E-state index contributed by atoms with van der Waals surface area (Å²) in [6.07, 6.45) is 1.21. The molecule has 0 unspecified atom stereocenters. The molecule has 24 heteroatoms. The van der Waals surface area contributed by atoms with Crippen LogP contribution in [0.25, 0.3) is 27.8 Å². The van der Waals surface area contributed by atoms with E-state index in [0.29, 0.717) is 53.1 Å². The van der Waals surface area contributed by atoms with Gasteiger partial charge in [0, 0.05) is 19.1 Å². The molecule has 0 N–H and O–H groups in total. The van der Waals surface area contributed by atoms with Crippen LogP contribution in [-0.2, 0) is 55.1 Å². The average Bonchev–Trinajstić information content (AvgIpc) is 3.20. The Morgan fingerprint density at radius 3 is 1.30 bits per heavy atom. The molecule has 0 saturated carbocycles. The Balaban J connectivity index is 0.000000515. The zero-order valence-corrected chi connectivity index (χ0v) is 41.5. The first-order chi connectivity index (χ1) is 29.0. The first-order valence-electron chi connectivity index (χ1n) is 17.6. The van der Waals surface area contributed by atoms with Crippen molar-refractivity contribution in [1.82, 2.24) is 19.9 Å². The number of fused-ring (bicyclic) bond motifs is 2. The number of Topliss-reactive ketones (excluding diaryl/α,β-unsaturated/α-hetero) is 1. The van der Waals surface area contributed by atoms with Crippen LogP contribution >= 0.6 is 0 Å². The summed E-state index contributed by atoms with van der Waals surface area (Å²) in [7, 11) is 3.22. The second-order valence-electron chi connectivity index (χ2n) is 12.3. The van der Waals surface area contributed by atoms with Crippen molar-refractivity contribution in [1.29, 1.82) is 0 Å². The number of ketones is 1. The summed E-state index contributed by atoms with van der Waals surface area (Å²) in [5.74, 6) is 2.11. The van der Waals surface area contributed by atoms with Gasteiger partial charge in [0.1, 0.15) is 55.6 Å². The number of nitrogens with zero attached hydrogens (tertiary/aromatic N) is 4. The van der Waals surface area contributed by atoms with Gasteiger partial charge < -0.3 is 27.8 Å². The summed E-state index contributed by atoms with van der Waals surface area (Å²) < 4.78 is 102. The Morgan fingerprint density at radius 1 is 0.672 bits per heavy atom. The van der Waals surface area contributed by atoms with Crippen LogP contribution in [0.3, 0.4) is 0 Å².